The zero-order valence-corrected chi connectivity index (χ0v) is 35.0. The average Bonchev–Trinajstić information content (AvgIpc) is 3.73. The second-order valence-electron chi connectivity index (χ2n) is 15.0. The molecule has 1 aliphatic rings. The maximum atomic E-state index is 12.5. The molecule has 312 valence electrons. The van der Waals surface area contributed by atoms with Gasteiger partial charge in [-0.05, 0) is 57.5 Å². The molecule has 8 rings (SSSR count). The first-order valence-corrected chi connectivity index (χ1v) is 21.4. The van der Waals surface area contributed by atoms with Gasteiger partial charge in [-0.1, -0.05) is 146 Å². The molecule has 0 bridgehead atoms. The van der Waals surface area contributed by atoms with E-state index in [2.05, 4.69) is 36.4 Å². The molecule has 0 N–H and O–H groups in total. The third-order valence-corrected chi connectivity index (χ3v) is 11.8. The number of thiophene rings is 1. The summed E-state index contributed by atoms with van der Waals surface area (Å²) in [6.07, 6.45) is -2.60. The number of rotatable bonds is 19. The van der Waals surface area contributed by atoms with Crippen LogP contribution in [0.2, 0.25) is 0 Å². The smallest absolute Gasteiger partial charge is 0.343 e. The predicted molar refractivity (Wildman–Crippen MR) is 237 cm³/mol. The third kappa shape index (κ3) is 11.4. The van der Waals surface area contributed by atoms with E-state index in [9.17, 15) is 4.79 Å². The number of esters is 1. The summed E-state index contributed by atoms with van der Waals surface area (Å²) in [5.41, 5.74) is 5.86. The normalized spacial score (nSPS) is 18.8. The first-order valence-electron chi connectivity index (χ1n) is 20.6. The Balaban J connectivity index is 1.21. The molecular formula is C52H50O8S. The molecule has 9 heteroatoms. The van der Waals surface area contributed by atoms with Gasteiger partial charge in [-0.15, -0.1) is 11.3 Å². The van der Waals surface area contributed by atoms with E-state index in [4.69, 9.17) is 33.2 Å². The van der Waals surface area contributed by atoms with Crippen molar-refractivity contribution in [1.82, 2.24) is 0 Å². The number of methoxy groups -OCH3 is 1. The highest BCUT2D eigenvalue weighted by molar-refractivity contribution is 7.19. The summed E-state index contributed by atoms with van der Waals surface area (Å²) >= 11 is 1.78. The van der Waals surface area contributed by atoms with Crippen molar-refractivity contribution in [2.24, 2.45) is 0 Å². The van der Waals surface area contributed by atoms with E-state index in [1.165, 1.54) is 22.1 Å². The van der Waals surface area contributed by atoms with Crippen LogP contribution in [0, 0.1) is 0 Å². The highest BCUT2D eigenvalue weighted by Gasteiger charge is 2.50. The van der Waals surface area contributed by atoms with E-state index in [-0.39, 0.29) is 19.8 Å². The lowest BCUT2D eigenvalue weighted by atomic mass is 9.89. The first-order chi connectivity index (χ1) is 30.1. The van der Waals surface area contributed by atoms with Gasteiger partial charge in [-0.25, -0.2) is 4.79 Å². The maximum Gasteiger partial charge on any atom is 0.343 e. The van der Waals surface area contributed by atoms with E-state index in [1.54, 1.807) is 11.3 Å². The summed E-state index contributed by atoms with van der Waals surface area (Å²) in [7, 11) is 1.35. The largest absolute Gasteiger partial charge is 0.482 e. The molecule has 1 aliphatic heterocycles. The number of carbonyl (C=O) groups is 1. The Morgan fingerprint density at radius 2 is 1.11 bits per heavy atom. The molecule has 2 heterocycles. The van der Waals surface area contributed by atoms with Crippen molar-refractivity contribution in [2.45, 2.75) is 63.4 Å². The van der Waals surface area contributed by atoms with E-state index in [0.29, 0.717) is 32.0 Å². The van der Waals surface area contributed by atoms with Gasteiger partial charge in [0.1, 0.15) is 36.3 Å². The lowest BCUT2D eigenvalue weighted by Crippen LogP contribution is -2.58. The Labute approximate surface area is 361 Å². The maximum absolute atomic E-state index is 12.5. The Bertz CT molecular complexity index is 2370. The zero-order chi connectivity index (χ0) is 41.6. The van der Waals surface area contributed by atoms with Crippen molar-refractivity contribution in [1.29, 1.82) is 0 Å². The second kappa shape index (κ2) is 21.2. The molecule has 61 heavy (non-hydrogen) atoms. The molecule has 7 aromatic rings. The molecule has 8 nitrogen and oxygen atoms in total. The minimum atomic E-state index is -0.735. The molecule has 1 saturated heterocycles. The fourth-order valence-electron chi connectivity index (χ4n) is 7.62. The topological polar surface area (TPSA) is 81.7 Å². The Morgan fingerprint density at radius 1 is 0.574 bits per heavy atom. The summed E-state index contributed by atoms with van der Waals surface area (Å²) in [5, 5.41) is 1.21. The van der Waals surface area contributed by atoms with E-state index >= 15 is 0 Å². The van der Waals surface area contributed by atoms with Gasteiger partial charge in [0, 0.05) is 21.6 Å². The number of ether oxygens (including phenoxy) is 7. The number of benzene rings is 6. The van der Waals surface area contributed by atoms with Crippen LogP contribution in [0.1, 0.15) is 44.4 Å². The molecule has 1 aromatic heterocycles. The van der Waals surface area contributed by atoms with Crippen LogP contribution in [-0.4, -0.2) is 50.7 Å². The third-order valence-electron chi connectivity index (χ3n) is 10.7. The van der Waals surface area contributed by atoms with E-state index in [1.807, 2.05) is 133 Å². The van der Waals surface area contributed by atoms with Crippen LogP contribution in [0.15, 0.2) is 170 Å². The van der Waals surface area contributed by atoms with Crippen LogP contribution in [-0.2, 0) is 66.1 Å². The minimum Gasteiger partial charge on any atom is -0.482 e. The fraction of sp³-hybridized carbons (Fsp3) is 0.250. The predicted octanol–water partition coefficient (Wildman–Crippen LogP) is 10.5. The molecule has 0 spiro atoms. The Morgan fingerprint density at radius 3 is 1.70 bits per heavy atom. The number of fused-ring (bicyclic) bond motifs is 1. The standard InChI is InChI=1S/C52H50O8S/c1-54-48(53)36-56-45-27-26-41(28-43-30-42-24-14-15-25-47(42)61-43)29-44(45)49-51(58-33-39-20-10-4-11-21-39)52(59-34-40-22-12-5-13-23-40)50(57-32-38-18-8-3-9-19-38)46(60-49)35-55-31-37-16-6-2-7-17-37/h2-27,29-30,46,49-52H,28,31-36H2,1H3/t46-,49+,50-,51+,52+/m1/s1. The number of hydrogen-bond acceptors (Lipinski definition) is 9. The molecular weight excluding hydrogens is 785 g/mol. The average molecular weight is 835 g/mol. The zero-order valence-electron chi connectivity index (χ0n) is 34.2. The van der Waals surface area contributed by atoms with Crippen molar-refractivity contribution in [2.75, 3.05) is 20.3 Å². The highest BCUT2D eigenvalue weighted by Crippen LogP contribution is 2.42. The summed E-state index contributed by atoms with van der Waals surface area (Å²) in [4.78, 5) is 13.8. The lowest BCUT2D eigenvalue weighted by molar-refractivity contribution is -0.275. The van der Waals surface area contributed by atoms with Gasteiger partial charge in [-0.2, -0.15) is 0 Å². The molecule has 0 aliphatic carbocycles. The molecule has 0 unspecified atom stereocenters. The fourth-order valence-corrected chi connectivity index (χ4v) is 8.72. The van der Waals surface area contributed by atoms with Gasteiger partial charge in [0.2, 0.25) is 0 Å². The highest BCUT2D eigenvalue weighted by atomic mass is 32.1. The van der Waals surface area contributed by atoms with Crippen LogP contribution >= 0.6 is 11.3 Å². The van der Waals surface area contributed by atoms with Crippen molar-refractivity contribution in [3.63, 3.8) is 0 Å². The van der Waals surface area contributed by atoms with Gasteiger partial charge >= 0.3 is 5.97 Å². The summed E-state index contributed by atoms with van der Waals surface area (Å²) in [6, 6.07) is 57.1. The molecule has 0 saturated carbocycles. The van der Waals surface area contributed by atoms with Gasteiger partial charge < -0.3 is 33.2 Å². The van der Waals surface area contributed by atoms with Crippen LogP contribution in [0.25, 0.3) is 10.1 Å². The lowest BCUT2D eigenvalue weighted by Gasteiger charge is -2.46. The van der Waals surface area contributed by atoms with Crippen LogP contribution < -0.4 is 4.74 Å². The number of carbonyl (C=O) groups excluding carboxylic acids is 1. The molecule has 1 fully saturated rings. The minimum absolute atomic E-state index is 0.210. The van der Waals surface area contributed by atoms with E-state index < -0.39 is 36.5 Å². The van der Waals surface area contributed by atoms with Crippen LogP contribution in [0.3, 0.4) is 0 Å². The second-order valence-corrected chi connectivity index (χ2v) is 16.2. The quantitative estimate of drug-likeness (QED) is 0.0745. The van der Waals surface area contributed by atoms with Gasteiger partial charge in [-0.3, -0.25) is 0 Å². The Hall–Kier alpha value is -5.65. The van der Waals surface area contributed by atoms with Crippen molar-refractivity contribution in [3.8, 4) is 5.75 Å². The monoisotopic (exact) mass is 834 g/mol. The van der Waals surface area contributed by atoms with Crippen molar-refractivity contribution < 1.29 is 38.0 Å². The summed E-state index contributed by atoms with van der Waals surface area (Å²) in [6.45, 7) is 1.24. The first kappa shape index (κ1) is 42.1. The van der Waals surface area contributed by atoms with Crippen LogP contribution in [0.5, 0.6) is 5.75 Å². The van der Waals surface area contributed by atoms with Crippen molar-refractivity contribution >= 4 is 27.4 Å². The van der Waals surface area contributed by atoms with E-state index in [0.717, 1.165) is 33.4 Å². The van der Waals surface area contributed by atoms with Gasteiger partial charge in [0.05, 0.1) is 40.1 Å². The molecule has 0 radical (unpaired) electrons. The number of hydrogen-bond donors (Lipinski definition) is 0. The van der Waals surface area contributed by atoms with Crippen LogP contribution in [0.4, 0.5) is 0 Å². The van der Waals surface area contributed by atoms with Crippen molar-refractivity contribution in [3.05, 3.63) is 208 Å². The SMILES string of the molecule is COC(=O)COc1ccc(Cc2cc3ccccc3s2)cc1[C@@H]1O[C@H](COCc2ccccc2)[C@@H](OCc2ccccc2)[C@H](OCc2ccccc2)[C@H]1OCc1ccccc1. The van der Waals surface area contributed by atoms with Gasteiger partial charge in [0.15, 0.2) is 6.61 Å². The summed E-state index contributed by atoms with van der Waals surface area (Å²) < 4.78 is 47.2. The van der Waals surface area contributed by atoms with Gasteiger partial charge in [0.25, 0.3) is 0 Å². The summed E-state index contributed by atoms with van der Waals surface area (Å²) in [5.74, 6) is -0.00871. The molecule has 5 atom stereocenters. The molecule has 6 aromatic carbocycles. The Kier molecular flexibility index (Phi) is 14.6. The molecule has 0 amide bonds.